The van der Waals surface area contributed by atoms with Gasteiger partial charge in [0.05, 0.1) is 0 Å². The molecule has 1 amide bonds. The van der Waals surface area contributed by atoms with Crippen LogP contribution in [-0.4, -0.2) is 11.9 Å². The van der Waals surface area contributed by atoms with Gasteiger partial charge >= 0.3 is 0 Å². The Morgan fingerprint density at radius 2 is 1.94 bits per heavy atom. The average Bonchev–Trinajstić information content (AvgIpc) is 2.50. The SMILES string of the molecule is CC(C)C(=O)N[C@@H]1C[C@H]2CC[C@]1(C)C2(C)C. The lowest BCUT2D eigenvalue weighted by molar-refractivity contribution is -0.125. The summed E-state index contributed by atoms with van der Waals surface area (Å²) in [6, 6.07) is 0.399. The van der Waals surface area contributed by atoms with Gasteiger partial charge in [-0.15, -0.1) is 0 Å². The number of hydrogen-bond donors (Lipinski definition) is 1. The molecule has 2 saturated carbocycles. The first-order valence-electron chi connectivity index (χ1n) is 6.59. The van der Waals surface area contributed by atoms with Gasteiger partial charge in [0.15, 0.2) is 0 Å². The van der Waals surface area contributed by atoms with Gasteiger partial charge in [0, 0.05) is 12.0 Å². The van der Waals surface area contributed by atoms with Crippen LogP contribution in [0.3, 0.4) is 0 Å². The molecule has 2 bridgehead atoms. The molecule has 0 radical (unpaired) electrons. The van der Waals surface area contributed by atoms with Crippen LogP contribution in [0.1, 0.15) is 53.9 Å². The van der Waals surface area contributed by atoms with Crippen LogP contribution < -0.4 is 5.32 Å². The van der Waals surface area contributed by atoms with E-state index in [0.717, 1.165) is 5.92 Å². The second-order valence-corrected chi connectivity index (χ2v) is 6.83. The van der Waals surface area contributed by atoms with Crippen molar-refractivity contribution < 1.29 is 4.79 Å². The number of hydrogen-bond acceptors (Lipinski definition) is 1. The maximum atomic E-state index is 11.8. The van der Waals surface area contributed by atoms with Crippen LogP contribution in [0, 0.1) is 22.7 Å². The highest BCUT2D eigenvalue weighted by molar-refractivity contribution is 5.78. The molecular formula is C14H25NO. The number of rotatable bonds is 2. The quantitative estimate of drug-likeness (QED) is 0.766. The van der Waals surface area contributed by atoms with Crippen LogP contribution in [0.5, 0.6) is 0 Å². The molecule has 16 heavy (non-hydrogen) atoms. The lowest BCUT2D eigenvalue weighted by Crippen LogP contribution is -2.48. The molecule has 0 aromatic carbocycles. The molecule has 0 unspecified atom stereocenters. The summed E-state index contributed by atoms with van der Waals surface area (Å²) in [7, 11) is 0. The zero-order chi connectivity index (χ0) is 12.1. The Labute approximate surface area is 99.2 Å². The molecular weight excluding hydrogens is 198 g/mol. The lowest BCUT2D eigenvalue weighted by Gasteiger charge is -2.39. The second-order valence-electron chi connectivity index (χ2n) is 6.83. The molecule has 0 aromatic rings. The van der Waals surface area contributed by atoms with Gasteiger partial charge in [-0.1, -0.05) is 34.6 Å². The fourth-order valence-corrected chi connectivity index (χ4v) is 3.76. The molecule has 2 rings (SSSR count). The van der Waals surface area contributed by atoms with Crippen molar-refractivity contribution in [2.24, 2.45) is 22.7 Å². The number of fused-ring (bicyclic) bond motifs is 2. The van der Waals surface area contributed by atoms with Crippen molar-refractivity contribution in [2.45, 2.75) is 59.9 Å². The van der Waals surface area contributed by atoms with Crippen molar-refractivity contribution in [3.8, 4) is 0 Å². The molecule has 0 saturated heterocycles. The van der Waals surface area contributed by atoms with Crippen LogP contribution in [0.2, 0.25) is 0 Å². The fourth-order valence-electron chi connectivity index (χ4n) is 3.76. The van der Waals surface area contributed by atoms with E-state index in [1.165, 1.54) is 19.3 Å². The van der Waals surface area contributed by atoms with E-state index < -0.39 is 0 Å². The predicted octanol–water partition coefficient (Wildman–Crippen LogP) is 2.97. The van der Waals surface area contributed by atoms with Crippen molar-refractivity contribution >= 4 is 5.91 Å². The maximum absolute atomic E-state index is 11.8. The van der Waals surface area contributed by atoms with E-state index in [2.05, 4.69) is 26.1 Å². The highest BCUT2D eigenvalue weighted by atomic mass is 16.1. The van der Waals surface area contributed by atoms with Crippen molar-refractivity contribution in [3.05, 3.63) is 0 Å². The molecule has 0 heterocycles. The molecule has 2 aliphatic rings. The molecule has 0 spiro atoms. The summed E-state index contributed by atoms with van der Waals surface area (Å²) in [5, 5.41) is 3.27. The van der Waals surface area contributed by atoms with Crippen molar-refractivity contribution in [1.82, 2.24) is 5.32 Å². The summed E-state index contributed by atoms with van der Waals surface area (Å²) in [4.78, 5) is 11.8. The zero-order valence-electron chi connectivity index (χ0n) is 11.3. The summed E-state index contributed by atoms with van der Waals surface area (Å²) < 4.78 is 0. The van der Waals surface area contributed by atoms with E-state index in [-0.39, 0.29) is 11.8 Å². The van der Waals surface area contributed by atoms with Gasteiger partial charge in [0.1, 0.15) is 0 Å². The summed E-state index contributed by atoms with van der Waals surface area (Å²) in [5.74, 6) is 1.12. The van der Waals surface area contributed by atoms with Gasteiger partial charge < -0.3 is 5.32 Å². The molecule has 2 fully saturated rings. The Morgan fingerprint density at radius 1 is 1.31 bits per heavy atom. The molecule has 0 aromatic heterocycles. The van der Waals surface area contributed by atoms with E-state index in [4.69, 9.17) is 0 Å². The van der Waals surface area contributed by atoms with Gasteiger partial charge in [0.2, 0.25) is 5.91 Å². The number of amides is 1. The van der Waals surface area contributed by atoms with Gasteiger partial charge in [-0.2, -0.15) is 0 Å². The van der Waals surface area contributed by atoms with Crippen LogP contribution in [0.4, 0.5) is 0 Å². The first-order valence-corrected chi connectivity index (χ1v) is 6.59. The standard InChI is InChI=1S/C14H25NO/c1-9(2)12(16)15-11-8-10-6-7-14(11,5)13(10,3)4/h9-11H,6-8H2,1-5H3,(H,15,16)/t10-,11-,14+/m1/s1. The Kier molecular flexibility index (Phi) is 2.60. The predicted molar refractivity (Wildman–Crippen MR) is 66.0 cm³/mol. The van der Waals surface area contributed by atoms with Crippen LogP contribution >= 0.6 is 0 Å². The smallest absolute Gasteiger partial charge is 0.222 e. The number of carbonyl (C=O) groups is 1. The first-order chi connectivity index (χ1) is 7.29. The van der Waals surface area contributed by atoms with E-state index in [1.807, 2.05) is 13.8 Å². The Balaban J connectivity index is 2.13. The van der Waals surface area contributed by atoms with E-state index in [9.17, 15) is 4.79 Å². The topological polar surface area (TPSA) is 29.1 Å². The lowest BCUT2D eigenvalue weighted by atomic mass is 9.69. The Bertz CT molecular complexity index is 308. The molecule has 2 heteroatoms. The van der Waals surface area contributed by atoms with Gasteiger partial charge in [-0.05, 0) is 36.0 Å². The highest BCUT2D eigenvalue weighted by Gasteiger charge is 2.61. The average molecular weight is 223 g/mol. The molecule has 92 valence electrons. The van der Waals surface area contributed by atoms with E-state index >= 15 is 0 Å². The largest absolute Gasteiger partial charge is 0.353 e. The van der Waals surface area contributed by atoms with Crippen LogP contribution in [-0.2, 0) is 4.79 Å². The number of carbonyl (C=O) groups excluding carboxylic acids is 1. The normalized spacial score (nSPS) is 40.4. The maximum Gasteiger partial charge on any atom is 0.222 e. The van der Waals surface area contributed by atoms with Crippen LogP contribution in [0.15, 0.2) is 0 Å². The van der Waals surface area contributed by atoms with Gasteiger partial charge in [-0.25, -0.2) is 0 Å². The Hall–Kier alpha value is -0.530. The second kappa shape index (κ2) is 3.48. The molecule has 3 atom stereocenters. The van der Waals surface area contributed by atoms with E-state index in [0.29, 0.717) is 16.9 Å². The van der Waals surface area contributed by atoms with Crippen molar-refractivity contribution in [2.75, 3.05) is 0 Å². The highest BCUT2D eigenvalue weighted by Crippen LogP contribution is 2.65. The van der Waals surface area contributed by atoms with Crippen molar-refractivity contribution in [3.63, 3.8) is 0 Å². The molecule has 0 aliphatic heterocycles. The van der Waals surface area contributed by atoms with Gasteiger partial charge in [-0.3, -0.25) is 4.79 Å². The van der Waals surface area contributed by atoms with Crippen molar-refractivity contribution in [1.29, 1.82) is 0 Å². The summed E-state index contributed by atoms with van der Waals surface area (Å²) in [6.45, 7) is 11.1. The summed E-state index contributed by atoms with van der Waals surface area (Å²) in [6.07, 6.45) is 3.80. The minimum Gasteiger partial charge on any atom is -0.353 e. The third kappa shape index (κ3) is 1.42. The van der Waals surface area contributed by atoms with Gasteiger partial charge in [0.25, 0.3) is 0 Å². The van der Waals surface area contributed by atoms with Crippen LogP contribution in [0.25, 0.3) is 0 Å². The monoisotopic (exact) mass is 223 g/mol. The summed E-state index contributed by atoms with van der Waals surface area (Å²) >= 11 is 0. The third-order valence-electron chi connectivity index (χ3n) is 5.63. The molecule has 2 nitrogen and oxygen atoms in total. The minimum atomic E-state index is 0.103. The fraction of sp³-hybridized carbons (Fsp3) is 0.929. The van der Waals surface area contributed by atoms with E-state index in [1.54, 1.807) is 0 Å². The zero-order valence-corrected chi connectivity index (χ0v) is 11.3. The molecule has 1 N–H and O–H groups in total. The molecule has 2 aliphatic carbocycles. The first kappa shape index (κ1) is 11.9. The third-order valence-corrected chi connectivity index (χ3v) is 5.63. The number of nitrogens with one attached hydrogen (secondary N) is 1. The summed E-state index contributed by atoms with van der Waals surface area (Å²) in [5.41, 5.74) is 0.699. The Morgan fingerprint density at radius 3 is 2.31 bits per heavy atom. The minimum absolute atomic E-state index is 0.103.